The Bertz CT molecular complexity index is 1170. The maximum absolute atomic E-state index is 13.1. The third-order valence-corrected chi connectivity index (χ3v) is 7.10. The second kappa shape index (κ2) is 8.56. The number of nitrogens with one attached hydrogen (secondary N) is 1. The Balaban J connectivity index is 1.45. The number of sulfonamides is 1. The first-order chi connectivity index (χ1) is 14.8. The van der Waals surface area contributed by atoms with Crippen molar-refractivity contribution in [3.63, 3.8) is 0 Å². The normalized spacial score (nSPS) is 15.7. The smallest absolute Gasteiger partial charge is 0.271 e. The second-order valence-corrected chi connectivity index (χ2v) is 9.31. The number of imidazole rings is 1. The molecule has 0 radical (unpaired) electrons. The molecule has 1 atom stereocenters. The number of carbonyl (C=O) groups is 1. The summed E-state index contributed by atoms with van der Waals surface area (Å²) in [5, 5.41) is 2.81. The van der Waals surface area contributed by atoms with Gasteiger partial charge in [-0.1, -0.05) is 12.1 Å². The topological polar surface area (TPSA) is 97.2 Å². The van der Waals surface area contributed by atoms with E-state index >= 15 is 0 Å². The van der Waals surface area contributed by atoms with Gasteiger partial charge >= 0.3 is 0 Å². The molecule has 3 aromatic rings. The van der Waals surface area contributed by atoms with Crippen molar-refractivity contribution in [1.29, 1.82) is 0 Å². The Kier molecular flexibility index (Phi) is 5.84. The average molecular weight is 444 g/mol. The van der Waals surface area contributed by atoms with E-state index in [1.807, 2.05) is 0 Å². The standard InChI is InChI=1S/C21H22FN5O3S/c1-15(16-4-6-17(22)7-5-16)25-21(28)19-13-26(14-24-19)20-9-8-18(12-23-20)31(29,30)27-10-2-3-11-27/h4-9,12-15H,2-3,10-11H2,1H3,(H,25,28). The first kappa shape index (κ1) is 21.1. The minimum absolute atomic E-state index is 0.143. The zero-order valence-electron chi connectivity index (χ0n) is 16.9. The van der Waals surface area contributed by atoms with Gasteiger partial charge in [-0.3, -0.25) is 9.36 Å². The third-order valence-electron chi connectivity index (χ3n) is 5.22. The van der Waals surface area contributed by atoms with Crippen LogP contribution in [0.15, 0.2) is 60.0 Å². The van der Waals surface area contributed by atoms with Crippen LogP contribution in [-0.4, -0.2) is 46.3 Å². The molecule has 1 saturated heterocycles. The van der Waals surface area contributed by atoms with Crippen molar-refractivity contribution < 1.29 is 17.6 Å². The van der Waals surface area contributed by atoms with Gasteiger partial charge in [-0.25, -0.2) is 22.8 Å². The van der Waals surface area contributed by atoms with Crippen LogP contribution in [0.5, 0.6) is 0 Å². The summed E-state index contributed by atoms with van der Waals surface area (Å²) < 4.78 is 41.3. The summed E-state index contributed by atoms with van der Waals surface area (Å²) in [4.78, 5) is 21.0. The number of amides is 1. The molecule has 0 bridgehead atoms. The first-order valence-corrected chi connectivity index (χ1v) is 11.4. The summed E-state index contributed by atoms with van der Waals surface area (Å²) in [5.41, 5.74) is 0.954. The van der Waals surface area contributed by atoms with Crippen molar-refractivity contribution in [3.05, 3.63) is 72.2 Å². The van der Waals surface area contributed by atoms with Crippen molar-refractivity contribution in [2.24, 2.45) is 0 Å². The van der Waals surface area contributed by atoms with Crippen LogP contribution in [0.1, 0.15) is 41.9 Å². The molecular weight excluding hydrogens is 421 g/mol. The molecule has 3 heterocycles. The molecular formula is C21H22FN5O3S. The largest absolute Gasteiger partial charge is 0.344 e. The van der Waals surface area contributed by atoms with Crippen molar-refractivity contribution >= 4 is 15.9 Å². The number of nitrogens with zero attached hydrogens (tertiary/aromatic N) is 4. The summed E-state index contributed by atoms with van der Waals surface area (Å²) in [5.74, 6) is -0.282. The molecule has 1 aliphatic heterocycles. The van der Waals surface area contributed by atoms with Gasteiger partial charge < -0.3 is 5.32 Å². The minimum atomic E-state index is -3.53. The molecule has 10 heteroatoms. The quantitative estimate of drug-likeness (QED) is 0.632. The molecule has 8 nitrogen and oxygen atoms in total. The highest BCUT2D eigenvalue weighted by Gasteiger charge is 2.27. The highest BCUT2D eigenvalue weighted by molar-refractivity contribution is 7.89. The zero-order valence-corrected chi connectivity index (χ0v) is 17.7. The summed E-state index contributed by atoms with van der Waals surface area (Å²) >= 11 is 0. The van der Waals surface area contributed by atoms with Gasteiger partial charge in [0, 0.05) is 25.5 Å². The Labute approximate surface area is 179 Å². The lowest BCUT2D eigenvalue weighted by Crippen LogP contribution is -2.28. The molecule has 1 fully saturated rings. The number of pyridine rings is 1. The maximum atomic E-state index is 13.1. The molecule has 1 aromatic carbocycles. The number of halogens is 1. The van der Waals surface area contributed by atoms with E-state index in [9.17, 15) is 17.6 Å². The minimum Gasteiger partial charge on any atom is -0.344 e. The van der Waals surface area contributed by atoms with Gasteiger partial charge in [-0.05, 0) is 49.6 Å². The van der Waals surface area contributed by atoms with E-state index in [1.165, 1.54) is 41.2 Å². The van der Waals surface area contributed by atoms with Crippen LogP contribution in [0.2, 0.25) is 0 Å². The molecule has 1 amide bonds. The molecule has 0 aliphatic carbocycles. The van der Waals surface area contributed by atoms with E-state index in [0.717, 1.165) is 18.4 Å². The monoisotopic (exact) mass is 443 g/mol. The van der Waals surface area contributed by atoms with Gasteiger partial charge in [0.05, 0.1) is 6.04 Å². The highest BCUT2D eigenvalue weighted by Crippen LogP contribution is 2.21. The maximum Gasteiger partial charge on any atom is 0.271 e. The number of aromatic nitrogens is 3. The van der Waals surface area contributed by atoms with E-state index in [0.29, 0.717) is 18.9 Å². The molecule has 1 aliphatic rings. The lowest BCUT2D eigenvalue weighted by Gasteiger charge is -2.15. The lowest BCUT2D eigenvalue weighted by molar-refractivity contribution is 0.0935. The number of hydrogen-bond donors (Lipinski definition) is 1. The summed E-state index contributed by atoms with van der Waals surface area (Å²) in [6.07, 6.45) is 6.01. The predicted octanol–water partition coefficient (Wildman–Crippen LogP) is 2.68. The Morgan fingerprint density at radius 1 is 1.10 bits per heavy atom. The predicted molar refractivity (Wildman–Crippen MR) is 112 cm³/mol. The molecule has 1 N–H and O–H groups in total. The van der Waals surface area contributed by atoms with E-state index in [-0.39, 0.29) is 28.4 Å². The Morgan fingerprint density at radius 3 is 2.45 bits per heavy atom. The zero-order chi connectivity index (χ0) is 22.0. The fraction of sp³-hybridized carbons (Fsp3) is 0.286. The fourth-order valence-electron chi connectivity index (χ4n) is 3.43. The van der Waals surface area contributed by atoms with Crippen molar-refractivity contribution in [3.8, 4) is 5.82 Å². The van der Waals surface area contributed by atoms with Crippen LogP contribution in [0.25, 0.3) is 5.82 Å². The number of carbonyl (C=O) groups excluding carboxylic acids is 1. The molecule has 1 unspecified atom stereocenters. The Morgan fingerprint density at radius 2 is 1.81 bits per heavy atom. The van der Waals surface area contributed by atoms with Crippen molar-refractivity contribution in [2.75, 3.05) is 13.1 Å². The molecule has 2 aromatic heterocycles. The van der Waals surface area contributed by atoms with Crippen LogP contribution in [0, 0.1) is 5.82 Å². The lowest BCUT2D eigenvalue weighted by atomic mass is 10.1. The first-order valence-electron chi connectivity index (χ1n) is 9.91. The van der Waals surface area contributed by atoms with E-state index in [2.05, 4.69) is 15.3 Å². The molecule has 0 saturated carbocycles. The van der Waals surface area contributed by atoms with Crippen LogP contribution < -0.4 is 5.32 Å². The van der Waals surface area contributed by atoms with E-state index < -0.39 is 10.0 Å². The Hall–Kier alpha value is -3.11. The van der Waals surface area contributed by atoms with Gasteiger partial charge in [-0.2, -0.15) is 4.31 Å². The van der Waals surface area contributed by atoms with Gasteiger partial charge in [0.25, 0.3) is 5.91 Å². The van der Waals surface area contributed by atoms with Gasteiger partial charge in [0.15, 0.2) is 0 Å². The summed E-state index contributed by atoms with van der Waals surface area (Å²) in [7, 11) is -3.53. The average Bonchev–Trinajstić information content (AvgIpc) is 3.47. The highest BCUT2D eigenvalue weighted by atomic mass is 32.2. The van der Waals surface area contributed by atoms with E-state index in [1.54, 1.807) is 29.7 Å². The van der Waals surface area contributed by atoms with Gasteiger partial charge in [-0.15, -0.1) is 0 Å². The molecule has 162 valence electrons. The molecule has 31 heavy (non-hydrogen) atoms. The summed E-state index contributed by atoms with van der Waals surface area (Å²) in [6, 6.07) is 8.66. The van der Waals surface area contributed by atoms with Crippen LogP contribution >= 0.6 is 0 Å². The fourth-order valence-corrected chi connectivity index (χ4v) is 4.89. The number of hydrogen-bond acceptors (Lipinski definition) is 5. The number of rotatable bonds is 6. The third kappa shape index (κ3) is 4.49. The van der Waals surface area contributed by atoms with Crippen LogP contribution in [0.4, 0.5) is 4.39 Å². The summed E-state index contributed by atoms with van der Waals surface area (Å²) in [6.45, 7) is 2.85. The SMILES string of the molecule is CC(NC(=O)c1cn(-c2ccc(S(=O)(=O)N3CCCC3)cn2)cn1)c1ccc(F)cc1. The molecule has 4 rings (SSSR count). The van der Waals surface area contributed by atoms with Gasteiger partial charge in [0.1, 0.15) is 28.6 Å². The van der Waals surface area contributed by atoms with Crippen LogP contribution in [-0.2, 0) is 10.0 Å². The van der Waals surface area contributed by atoms with Crippen molar-refractivity contribution in [2.45, 2.75) is 30.7 Å². The number of benzene rings is 1. The molecule has 0 spiro atoms. The van der Waals surface area contributed by atoms with Crippen LogP contribution in [0.3, 0.4) is 0 Å². The second-order valence-electron chi connectivity index (χ2n) is 7.38. The van der Waals surface area contributed by atoms with E-state index in [4.69, 9.17) is 0 Å². The van der Waals surface area contributed by atoms with Gasteiger partial charge in [0.2, 0.25) is 10.0 Å². The van der Waals surface area contributed by atoms with Crippen molar-refractivity contribution in [1.82, 2.24) is 24.2 Å².